The summed E-state index contributed by atoms with van der Waals surface area (Å²) >= 11 is 0. The Morgan fingerprint density at radius 2 is 1.92 bits per heavy atom. The number of nitrogens with zero attached hydrogens (tertiary/aromatic N) is 1. The van der Waals surface area contributed by atoms with Crippen molar-refractivity contribution in [2.45, 2.75) is 51.8 Å². The average Bonchev–Trinajstić information content (AvgIpc) is 2.53. The van der Waals surface area contributed by atoms with Gasteiger partial charge in [0.05, 0.1) is 5.92 Å². The van der Waals surface area contributed by atoms with Crippen molar-refractivity contribution in [2.75, 3.05) is 13.1 Å². The highest BCUT2D eigenvalue weighted by Gasteiger charge is 2.37. The highest BCUT2D eigenvalue weighted by atomic mass is 16.6. The fourth-order valence-electron chi connectivity index (χ4n) is 3.07. The first-order valence-electron chi connectivity index (χ1n) is 8.69. The lowest BCUT2D eigenvalue weighted by molar-refractivity contribution is -0.144. The molecule has 2 unspecified atom stereocenters. The van der Waals surface area contributed by atoms with Crippen molar-refractivity contribution in [2.24, 2.45) is 5.92 Å². The molecule has 0 bridgehead atoms. The minimum atomic E-state index is -0.832. The van der Waals surface area contributed by atoms with Crippen molar-refractivity contribution < 1.29 is 19.4 Å². The molecule has 1 fully saturated rings. The third-order valence-corrected chi connectivity index (χ3v) is 4.35. The lowest BCUT2D eigenvalue weighted by atomic mass is 9.90. The highest BCUT2D eigenvalue weighted by Crippen LogP contribution is 2.23. The predicted octanol–water partition coefficient (Wildman–Crippen LogP) is 3.05. The maximum absolute atomic E-state index is 12.3. The molecule has 6 nitrogen and oxygen atoms in total. The molecule has 1 aliphatic heterocycles. The Balaban J connectivity index is 2.08. The molecule has 2 N–H and O–H groups in total. The Bertz CT molecular complexity index is 597. The molecular formula is C19H28N2O4. The third-order valence-electron chi connectivity index (χ3n) is 4.35. The van der Waals surface area contributed by atoms with Crippen molar-refractivity contribution in [3.05, 3.63) is 35.9 Å². The highest BCUT2D eigenvalue weighted by molar-refractivity contribution is 5.73. The normalized spacial score (nSPS) is 22.3. The van der Waals surface area contributed by atoms with Crippen LogP contribution in [0.1, 0.15) is 45.7 Å². The molecule has 0 radical (unpaired) electrons. The Kier molecular flexibility index (Phi) is 6.06. The molecule has 138 valence electrons. The summed E-state index contributed by atoms with van der Waals surface area (Å²) < 4.78 is 5.42. The molecule has 6 heteroatoms. The Labute approximate surface area is 149 Å². The van der Waals surface area contributed by atoms with Gasteiger partial charge in [-0.25, -0.2) is 4.79 Å². The molecular weight excluding hydrogens is 320 g/mol. The molecule has 0 spiro atoms. The number of amides is 1. The molecule has 1 heterocycles. The van der Waals surface area contributed by atoms with Gasteiger partial charge in [-0.1, -0.05) is 30.3 Å². The molecule has 0 aromatic heterocycles. The summed E-state index contributed by atoms with van der Waals surface area (Å²) in [7, 11) is 0. The van der Waals surface area contributed by atoms with E-state index in [0.717, 1.165) is 5.56 Å². The molecule has 1 amide bonds. The number of likely N-dealkylation sites (tertiary alicyclic amines) is 1. The van der Waals surface area contributed by atoms with Gasteiger partial charge in [0.2, 0.25) is 0 Å². The van der Waals surface area contributed by atoms with Crippen LogP contribution in [0, 0.1) is 5.92 Å². The van der Waals surface area contributed by atoms with Crippen molar-refractivity contribution in [1.29, 1.82) is 0 Å². The fraction of sp³-hybridized carbons (Fsp3) is 0.579. The van der Waals surface area contributed by atoms with E-state index in [-0.39, 0.29) is 12.1 Å². The van der Waals surface area contributed by atoms with Gasteiger partial charge < -0.3 is 20.1 Å². The molecule has 1 aromatic carbocycles. The smallest absolute Gasteiger partial charge is 0.410 e. The van der Waals surface area contributed by atoms with Gasteiger partial charge in [-0.3, -0.25) is 4.79 Å². The molecule has 1 aliphatic rings. The number of carboxylic acid groups (broad SMARTS) is 1. The van der Waals surface area contributed by atoms with Gasteiger partial charge in [0.25, 0.3) is 0 Å². The first-order chi connectivity index (χ1) is 11.7. The topological polar surface area (TPSA) is 78.9 Å². The van der Waals surface area contributed by atoms with Crippen molar-refractivity contribution in [1.82, 2.24) is 10.2 Å². The van der Waals surface area contributed by atoms with E-state index >= 15 is 0 Å². The van der Waals surface area contributed by atoms with Crippen LogP contribution in [-0.4, -0.2) is 46.8 Å². The predicted molar refractivity (Wildman–Crippen MR) is 95.3 cm³/mol. The van der Waals surface area contributed by atoms with E-state index in [1.54, 1.807) is 4.90 Å². The van der Waals surface area contributed by atoms with Crippen LogP contribution < -0.4 is 5.32 Å². The number of aliphatic carboxylic acids is 1. The lowest BCUT2D eigenvalue weighted by Crippen LogP contribution is -2.55. The minimum absolute atomic E-state index is 0.00774. The summed E-state index contributed by atoms with van der Waals surface area (Å²) in [5.74, 6) is -1.36. The molecule has 3 atom stereocenters. The summed E-state index contributed by atoms with van der Waals surface area (Å²) in [4.78, 5) is 25.5. The number of rotatable bonds is 4. The van der Waals surface area contributed by atoms with Crippen LogP contribution in [0.15, 0.2) is 30.3 Å². The monoisotopic (exact) mass is 348 g/mol. The first kappa shape index (κ1) is 19.2. The molecule has 1 aromatic rings. The second-order valence-electron chi connectivity index (χ2n) is 7.57. The van der Waals surface area contributed by atoms with Gasteiger partial charge in [0.1, 0.15) is 5.60 Å². The Morgan fingerprint density at radius 3 is 2.48 bits per heavy atom. The number of hydrogen-bond acceptors (Lipinski definition) is 4. The number of benzene rings is 1. The third kappa shape index (κ3) is 5.46. The van der Waals surface area contributed by atoms with Gasteiger partial charge in [0, 0.05) is 25.2 Å². The second kappa shape index (κ2) is 7.87. The van der Waals surface area contributed by atoms with Crippen LogP contribution in [0.4, 0.5) is 4.79 Å². The van der Waals surface area contributed by atoms with E-state index in [0.29, 0.717) is 19.5 Å². The molecule has 0 saturated carbocycles. The van der Waals surface area contributed by atoms with Gasteiger partial charge >= 0.3 is 12.1 Å². The van der Waals surface area contributed by atoms with Gasteiger partial charge in [-0.05, 0) is 39.7 Å². The minimum Gasteiger partial charge on any atom is -0.481 e. The number of piperidine rings is 1. The lowest BCUT2D eigenvalue weighted by Gasteiger charge is -2.39. The van der Waals surface area contributed by atoms with Crippen LogP contribution >= 0.6 is 0 Å². The number of carbonyl (C=O) groups excluding carboxylic acids is 1. The zero-order valence-corrected chi connectivity index (χ0v) is 15.4. The zero-order chi connectivity index (χ0) is 18.6. The molecule has 25 heavy (non-hydrogen) atoms. The SMILES string of the molecule is CC(N[C@H]1CN(C(=O)OC(C)(C)C)CCC1C(=O)O)c1ccccc1. The summed E-state index contributed by atoms with van der Waals surface area (Å²) in [6.07, 6.45) is 0.0174. The summed E-state index contributed by atoms with van der Waals surface area (Å²) in [6.45, 7) is 8.18. The van der Waals surface area contributed by atoms with Crippen LogP contribution in [0.5, 0.6) is 0 Å². The van der Waals surface area contributed by atoms with E-state index < -0.39 is 23.6 Å². The van der Waals surface area contributed by atoms with Crippen LogP contribution in [0.25, 0.3) is 0 Å². The molecule has 0 aliphatic carbocycles. The maximum Gasteiger partial charge on any atom is 0.410 e. The maximum atomic E-state index is 12.3. The van der Waals surface area contributed by atoms with Crippen LogP contribution in [0.3, 0.4) is 0 Å². The van der Waals surface area contributed by atoms with E-state index in [1.165, 1.54) is 0 Å². The van der Waals surface area contributed by atoms with Crippen LogP contribution in [-0.2, 0) is 9.53 Å². The van der Waals surface area contributed by atoms with Crippen molar-refractivity contribution in [3.63, 3.8) is 0 Å². The number of nitrogens with one attached hydrogen (secondary N) is 1. The van der Waals surface area contributed by atoms with E-state index in [4.69, 9.17) is 4.74 Å². The average molecular weight is 348 g/mol. The number of carboxylic acids is 1. The number of carbonyl (C=O) groups is 2. The van der Waals surface area contributed by atoms with Crippen LogP contribution in [0.2, 0.25) is 0 Å². The summed E-state index contributed by atoms with van der Waals surface area (Å²) in [5.41, 5.74) is 0.516. The Morgan fingerprint density at radius 1 is 1.28 bits per heavy atom. The van der Waals surface area contributed by atoms with E-state index in [1.807, 2.05) is 58.0 Å². The largest absolute Gasteiger partial charge is 0.481 e. The quantitative estimate of drug-likeness (QED) is 0.874. The number of hydrogen-bond donors (Lipinski definition) is 2. The van der Waals surface area contributed by atoms with Gasteiger partial charge in [0.15, 0.2) is 0 Å². The Hall–Kier alpha value is -2.08. The van der Waals surface area contributed by atoms with Crippen molar-refractivity contribution in [3.8, 4) is 0 Å². The molecule has 1 saturated heterocycles. The number of ether oxygens (including phenoxy) is 1. The second-order valence-corrected chi connectivity index (χ2v) is 7.57. The van der Waals surface area contributed by atoms with Gasteiger partial charge in [-0.15, -0.1) is 0 Å². The van der Waals surface area contributed by atoms with Gasteiger partial charge in [-0.2, -0.15) is 0 Å². The summed E-state index contributed by atoms with van der Waals surface area (Å²) in [6, 6.07) is 9.53. The molecule has 2 rings (SSSR count). The summed E-state index contributed by atoms with van der Waals surface area (Å²) in [5, 5.41) is 12.9. The van der Waals surface area contributed by atoms with E-state index in [2.05, 4.69) is 5.32 Å². The first-order valence-corrected chi connectivity index (χ1v) is 8.69. The fourth-order valence-corrected chi connectivity index (χ4v) is 3.07. The standard InChI is InChI=1S/C19H28N2O4/c1-13(14-8-6-5-7-9-14)20-16-12-21(11-10-15(16)17(22)23)18(24)25-19(2,3)4/h5-9,13,15-16,20H,10-12H2,1-4H3,(H,22,23)/t13?,15?,16-/m0/s1. The zero-order valence-electron chi connectivity index (χ0n) is 15.4. The van der Waals surface area contributed by atoms with Crippen molar-refractivity contribution >= 4 is 12.1 Å². The van der Waals surface area contributed by atoms with E-state index in [9.17, 15) is 14.7 Å².